The molecule has 0 aromatic heterocycles. The van der Waals surface area contributed by atoms with Crippen molar-refractivity contribution in [3.63, 3.8) is 0 Å². The first-order valence-corrected chi connectivity index (χ1v) is 10.5. The van der Waals surface area contributed by atoms with Crippen LogP contribution in [0, 0.1) is 0 Å². The third-order valence-electron chi connectivity index (χ3n) is 4.25. The molecule has 1 aromatic carbocycles. The third kappa shape index (κ3) is 9.43. The van der Waals surface area contributed by atoms with Crippen LogP contribution in [0.5, 0.6) is 0 Å². The lowest BCUT2D eigenvalue weighted by molar-refractivity contribution is 0.0342. The van der Waals surface area contributed by atoms with Gasteiger partial charge in [-0.1, -0.05) is 24.3 Å². The molecule has 0 atom stereocenters. The molecule has 0 spiro atoms. The number of guanidine groups is 1. The molecule has 7 heteroatoms. The number of rotatable bonds is 9. The summed E-state index contributed by atoms with van der Waals surface area (Å²) in [6.07, 6.45) is 4.58. The van der Waals surface area contributed by atoms with Gasteiger partial charge in [0.15, 0.2) is 5.96 Å². The summed E-state index contributed by atoms with van der Waals surface area (Å²) in [7, 11) is 1.83. The Bertz CT molecular complexity index is 524. The van der Waals surface area contributed by atoms with Gasteiger partial charge in [-0.25, -0.2) is 0 Å². The van der Waals surface area contributed by atoms with Crippen LogP contribution in [-0.4, -0.2) is 62.8 Å². The Morgan fingerprint density at radius 1 is 1.19 bits per heavy atom. The van der Waals surface area contributed by atoms with Gasteiger partial charge < -0.3 is 15.4 Å². The molecule has 2 N–H and O–H groups in total. The number of morpholine rings is 1. The Hall–Kier alpha value is -0.510. The van der Waals surface area contributed by atoms with Crippen molar-refractivity contribution in [2.45, 2.75) is 25.9 Å². The molecule has 1 saturated heterocycles. The summed E-state index contributed by atoms with van der Waals surface area (Å²) in [5.74, 6) is 2.10. The predicted molar refractivity (Wildman–Crippen MR) is 124 cm³/mol. The van der Waals surface area contributed by atoms with E-state index in [1.165, 1.54) is 29.7 Å². The number of hydrogen-bond donors (Lipinski definition) is 2. The molecule has 0 saturated carbocycles. The maximum atomic E-state index is 5.42. The minimum atomic E-state index is 0. The van der Waals surface area contributed by atoms with E-state index in [-0.39, 0.29) is 24.0 Å². The SMILES string of the molecule is CN=C(NCCCCSC)NCc1cccc(CN2CCOCC2)c1.I. The van der Waals surface area contributed by atoms with Crippen molar-refractivity contribution < 1.29 is 4.74 Å². The van der Waals surface area contributed by atoms with Crippen LogP contribution >= 0.6 is 35.7 Å². The van der Waals surface area contributed by atoms with Crippen LogP contribution in [0.25, 0.3) is 0 Å². The average Bonchev–Trinajstić information content (AvgIpc) is 2.65. The molecule has 0 unspecified atom stereocenters. The summed E-state index contributed by atoms with van der Waals surface area (Å²) in [6.45, 7) is 6.50. The van der Waals surface area contributed by atoms with E-state index in [0.717, 1.165) is 51.9 Å². The minimum Gasteiger partial charge on any atom is -0.379 e. The molecule has 1 aliphatic rings. The normalized spacial score (nSPS) is 15.4. The number of aliphatic imine (C=N–C) groups is 1. The van der Waals surface area contributed by atoms with E-state index in [4.69, 9.17) is 4.74 Å². The Morgan fingerprint density at radius 3 is 2.69 bits per heavy atom. The second-order valence-corrected chi connectivity index (χ2v) is 7.25. The van der Waals surface area contributed by atoms with Gasteiger partial charge >= 0.3 is 0 Å². The van der Waals surface area contributed by atoms with E-state index >= 15 is 0 Å². The number of ether oxygens (including phenoxy) is 1. The fraction of sp³-hybridized carbons (Fsp3) is 0.632. The van der Waals surface area contributed by atoms with Crippen LogP contribution in [0.15, 0.2) is 29.3 Å². The van der Waals surface area contributed by atoms with E-state index in [0.29, 0.717) is 0 Å². The third-order valence-corrected chi connectivity index (χ3v) is 4.95. The Kier molecular flexibility index (Phi) is 13.2. The highest BCUT2D eigenvalue weighted by Gasteiger charge is 2.10. The van der Waals surface area contributed by atoms with Crippen LogP contribution in [0.2, 0.25) is 0 Å². The van der Waals surface area contributed by atoms with E-state index in [9.17, 15) is 0 Å². The van der Waals surface area contributed by atoms with E-state index < -0.39 is 0 Å². The van der Waals surface area contributed by atoms with Gasteiger partial charge in [0.25, 0.3) is 0 Å². The molecule has 26 heavy (non-hydrogen) atoms. The van der Waals surface area contributed by atoms with Crippen molar-refractivity contribution in [1.29, 1.82) is 0 Å². The molecular formula is C19H33IN4OS. The Balaban J connectivity index is 0.00000338. The molecule has 1 aromatic rings. The van der Waals surface area contributed by atoms with Crippen LogP contribution < -0.4 is 10.6 Å². The molecule has 1 aliphatic heterocycles. The Morgan fingerprint density at radius 2 is 1.96 bits per heavy atom. The zero-order valence-electron chi connectivity index (χ0n) is 16.0. The number of hydrogen-bond acceptors (Lipinski definition) is 4. The highest BCUT2D eigenvalue weighted by Crippen LogP contribution is 2.10. The van der Waals surface area contributed by atoms with E-state index in [1.54, 1.807) is 0 Å². The summed E-state index contributed by atoms with van der Waals surface area (Å²) < 4.78 is 5.42. The molecule has 0 radical (unpaired) electrons. The maximum Gasteiger partial charge on any atom is 0.191 e. The molecule has 1 heterocycles. The molecule has 0 aliphatic carbocycles. The molecule has 0 amide bonds. The number of benzene rings is 1. The quantitative estimate of drug-likeness (QED) is 0.240. The number of unbranched alkanes of at least 4 members (excludes halogenated alkanes) is 1. The zero-order valence-corrected chi connectivity index (χ0v) is 19.1. The van der Waals surface area contributed by atoms with E-state index in [1.807, 2.05) is 18.8 Å². The highest BCUT2D eigenvalue weighted by molar-refractivity contribution is 14.0. The van der Waals surface area contributed by atoms with Gasteiger partial charge in [0.1, 0.15) is 0 Å². The van der Waals surface area contributed by atoms with Crippen LogP contribution in [0.1, 0.15) is 24.0 Å². The van der Waals surface area contributed by atoms with Crippen molar-refractivity contribution in [3.8, 4) is 0 Å². The summed E-state index contributed by atoms with van der Waals surface area (Å²) in [5.41, 5.74) is 2.65. The molecular weight excluding hydrogens is 459 g/mol. The fourth-order valence-corrected chi connectivity index (χ4v) is 3.33. The standard InChI is InChI=1S/C19H32N4OS.HI/c1-20-19(21-8-3-4-13-25-2)22-15-17-6-5-7-18(14-17)16-23-9-11-24-12-10-23;/h5-7,14H,3-4,8-13,15-16H2,1-2H3,(H2,20,21,22);1H. The number of nitrogens with zero attached hydrogens (tertiary/aromatic N) is 2. The molecule has 148 valence electrons. The lowest BCUT2D eigenvalue weighted by Crippen LogP contribution is -2.37. The summed E-state index contributed by atoms with van der Waals surface area (Å²) >= 11 is 1.90. The molecule has 0 bridgehead atoms. The summed E-state index contributed by atoms with van der Waals surface area (Å²) in [4.78, 5) is 6.75. The first-order valence-electron chi connectivity index (χ1n) is 9.13. The van der Waals surface area contributed by atoms with Crippen LogP contribution in [-0.2, 0) is 17.8 Å². The summed E-state index contributed by atoms with van der Waals surface area (Å²) in [5, 5.41) is 6.79. The van der Waals surface area contributed by atoms with E-state index in [2.05, 4.69) is 51.0 Å². The largest absolute Gasteiger partial charge is 0.379 e. The van der Waals surface area contributed by atoms with Crippen LogP contribution in [0.4, 0.5) is 0 Å². The zero-order chi connectivity index (χ0) is 17.7. The van der Waals surface area contributed by atoms with Crippen molar-refractivity contribution >= 4 is 41.7 Å². The van der Waals surface area contributed by atoms with Gasteiger partial charge in [-0.05, 0) is 36.0 Å². The minimum absolute atomic E-state index is 0. The first-order chi connectivity index (χ1) is 12.3. The average molecular weight is 492 g/mol. The predicted octanol–water partition coefficient (Wildman–Crippen LogP) is 2.95. The topological polar surface area (TPSA) is 48.9 Å². The number of halogens is 1. The van der Waals surface area contributed by atoms with Gasteiger partial charge in [0.2, 0.25) is 0 Å². The fourth-order valence-electron chi connectivity index (χ4n) is 2.84. The lowest BCUT2D eigenvalue weighted by Gasteiger charge is -2.26. The van der Waals surface area contributed by atoms with Gasteiger partial charge in [-0.3, -0.25) is 9.89 Å². The number of nitrogens with one attached hydrogen (secondary N) is 2. The van der Waals surface area contributed by atoms with Crippen molar-refractivity contribution in [2.75, 3.05) is 51.9 Å². The molecule has 5 nitrogen and oxygen atoms in total. The second kappa shape index (κ2) is 14.5. The first kappa shape index (κ1) is 23.5. The van der Waals surface area contributed by atoms with Gasteiger partial charge in [-0.15, -0.1) is 24.0 Å². The Labute approximate surface area is 179 Å². The monoisotopic (exact) mass is 492 g/mol. The van der Waals surface area contributed by atoms with Crippen molar-refractivity contribution in [3.05, 3.63) is 35.4 Å². The smallest absolute Gasteiger partial charge is 0.191 e. The summed E-state index contributed by atoms with van der Waals surface area (Å²) in [6, 6.07) is 8.80. The van der Waals surface area contributed by atoms with Gasteiger partial charge in [0.05, 0.1) is 13.2 Å². The molecule has 2 rings (SSSR count). The van der Waals surface area contributed by atoms with Gasteiger partial charge in [-0.2, -0.15) is 11.8 Å². The second-order valence-electron chi connectivity index (χ2n) is 6.26. The highest BCUT2D eigenvalue weighted by atomic mass is 127. The van der Waals surface area contributed by atoms with Crippen molar-refractivity contribution in [2.24, 2.45) is 4.99 Å². The van der Waals surface area contributed by atoms with Gasteiger partial charge in [0, 0.05) is 39.8 Å². The number of thioether (sulfide) groups is 1. The molecule has 1 fully saturated rings. The van der Waals surface area contributed by atoms with Crippen LogP contribution in [0.3, 0.4) is 0 Å². The maximum absolute atomic E-state index is 5.42. The lowest BCUT2D eigenvalue weighted by atomic mass is 10.1. The van der Waals surface area contributed by atoms with Crippen molar-refractivity contribution in [1.82, 2.24) is 15.5 Å².